The highest BCUT2D eigenvalue weighted by atomic mass is 16.6. The number of nitro groups is 1. The molecule has 1 fully saturated rings. The first-order valence-electron chi connectivity index (χ1n) is 6.52. The van der Waals surface area contributed by atoms with Crippen molar-refractivity contribution in [1.82, 2.24) is 0 Å². The molecule has 0 spiro atoms. The Balaban J connectivity index is 2.24. The molecule has 21 heavy (non-hydrogen) atoms. The maximum atomic E-state index is 11.1. The molecule has 1 aliphatic rings. The van der Waals surface area contributed by atoms with Gasteiger partial charge in [-0.25, -0.2) is 0 Å². The van der Waals surface area contributed by atoms with Gasteiger partial charge in [-0.1, -0.05) is 6.07 Å². The number of benzene rings is 1. The maximum Gasteiger partial charge on any atom is 0.292 e. The number of hydrogen-bond donors (Lipinski definition) is 4. The molecular formula is C13H18N2O6. The Morgan fingerprint density at radius 1 is 1.24 bits per heavy atom. The summed E-state index contributed by atoms with van der Waals surface area (Å²) in [7, 11) is 0. The van der Waals surface area contributed by atoms with E-state index in [1.54, 1.807) is 13.0 Å². The van der Waals surface area contributed by atoms with Crippen LogP contribution in [0.1, 0.15) is 12.5 Å². The number of nitrogens with zero attached hydrogens (tertiary/aromatic N) is 1. The smallest absolute Gasteiger partial charge is 0.292 e. The van der Waals surface area contributed by atoms with Gasteiger partial charge in [-0.15, -0.1) is 0 Å². The van der Waals surface area contributed by atoms with Gasteiger partial charge in [-0.2, -0.15) is 0 Å². The van der Waals surface area contributed by atoms with Gasteiger partial charge in [0.2, 0.25) is 0 Å². The van der Waals surface area contributed by atoms with Gasteiger partial charge in [0.05, 0.1) is 11.0 Å². The quantitative estimate of drug-likeness (QED) is 0.462. The summed E-state index contributed by atoms with van der Waals surface area (Å²) in [6, 6.07) is 4.58. The third-order valence-corrected chi connectivity index (χ3v) is 3.50. The number of aliphatic hydroxyl groups is 3. The van der Waals surface area contributed by atoms with Gasteiger partial charge in [0, 0.05) is 6.07 Å². The highest BCUT2D eigenvalue weighted by Crippen LogP contribution is 2.29. The zero-order chi connectivity index (χ0) is 15.7. The fourth-order valence-electron chi connectivity index (χ4n) is 2.24. The molecule has 1 aromatic carbocycles. The minimum atomic E-state index is -1.41. The van der Waals surface area contributed by atoms with Gasteiger partial charge in [-0.05, 0) is 25.5 Å². The largest absolute Gasteiger partial charge is 0.388 e. The van der Waals surface area contributed by atoms with Crippen molar-refractivity contribution in [3.63, 3.8) is 0 Å². The number of anilines is 1. The van der Waals surface area contributed by atoms with E-state index in [-0.39, 0.29) is 11.4 Å². The van der Waals surface area contributed by atoms with Gasteiger partial charge >= 0.3 is 0 Å². The SMILES string of the molecule is Cc1ccc(N[C@H]2O[C@H](C)[C@@H](O)[C@H](O)[C@@H]2O)c([N+](=O)[O-])c1. The predicted molar refractivity (Wildman–Crippen MR) is 73.8 cm³/mol. The van der Waals surface area contributed by atoms with E-state index in [1.807, 2.05) is 0 Å². The lowest BCUT2D eigenvalue weighted by atomic mass is 9.99. The molecule has 0 bridgehead atoms. The first-order valence-corrected chi connectivity index (χ1v) is 6.52. The molecule has 0 radical (unpaired) electrons. The van der Waals surface area contributed by atoms with Gasteiger partial charge in [-0.3, -0.25) is 10.1 Å². The van der Waals surface area contributed by atoms with E-state index in [0.717, 1.165) is 5.56 Å². The summed E-state index contributed by atoms with van der Waals surface area (Å²) < 4.78 is 5.36. The number of aliphatic hydroxyl groups excluding tert-OH is 3. The van der Waals surface area contributed by atoms with Crippen LogP contribution in [0.5, 0.6) is 0 Å². The lowest BCUT2D eigenvalue weighted by Gasteiger charge is -2.39. The van der Waals surface area contributed by atoms with Crippen LogP contribution in [0, 0.1) is 17.0 Å². The summed E-state index contributed by atoms with van der Waals surface area (Å²) in [4.78, 5) is 10.5. The summed E-state index contributed by atoms with van der Waals surface area (Å²) >= 11 is 0. The standard InChI is InChI=1S/C13H18N2O6/c1-6-3-4-8(9(5-6)15(19)20)14-13-12(18)11(17)10(16)7(2)21-13/h3-5,7,10-14,16-18H,1-2H3/t7-,10-,11+,12+,13+/m1/s1. The van der Waals surface area contributed by atoms with E-state index in [0.29, 0.717) is 0 Å². The Morgan fingerprint density at radius 3 is 2.52 bits per heavy atom. The van der Waals surface area contributed by atoms with Gasteiger partial charge in [0.25, 0.3) is 5.69 Å². The number of rotatable bonds is 3. The molecule has 1 aliphatic heterocycles. The zero-order valence-electron chi connectivity index (χ0n) is 11.6. The lowest BCUT2D eigenvalue weighted by molar-refractivity contribution is -0.384. The third kappa shape index (κ3) is 3.13. The van der Waals surface area contributed by atoms with Crippen LogP contribution in [-0.2, 0) is 4.74 Å². The number of nitrogens with one attached hydrogen (secondary N) is 1. The molecular weight excluding hydrogens is 280 g/mol. The van der Waals surface area contributed by atoms with Crippen molar-refractivity contribution in [3.05, 3.63) is 33.9 Å². The molecule has 2 rings (SSSR count). The van der Waals surface area contributed by atoms with Crippen molar-refractivity contribution < 1.29 is 25.0 Å². The molecule has 116 valence electrons. The fraction of sp³-hybridized carbons (Fsp3) is 0.538. The Labute approximate surface area is 121 Å². The van der Waals surface area contributed by atoms with E-state index >= 15 is 0 Å². The second-order valence-electron chi connectivity index (χ2n) is 5.16. The van der Waals surface area contributed by atoms with E-state index < -0.39 is 35.6 Å². The molecule has 4 N–H and O–H groups in total. The summed E-state index contributed by atoms with van der Waals surface area (Å²) in [5.74, 6) is 0. The van der Waals surface area contributed by atoms with E-state index in [2.05, 4.69) is 5.32 Å². The molecule has 0 aromatic heterocycles. The van der Waals surface area contributed by atoms with Crippen molar-refractivity contribution in [2.75, 3.05) is 5.32 Å². The van der Waals surface area contributed by atoms with Gasteiger partial charge in [0.15, 0.2) is 6.23 Å². The molecule has 0 amide bonds. The Kier molecular flexibility index (Phi) is 4.43. The Morgan fingerprint density at radius 2 is 1.90 bits per heavy atom. The van der Waals surface area contributed by atoms with Crippen LogP contribution in [0.25, 0.3) is 0 Å². The van der Waals surface area contributed by atoms with Crippen LogP contribution in [0.3, 0.4) is 0 Å². The predicted octanol–water partition coefficient (Wildman–Crippen LogP) is 0.143. The molecule has 8 nitrogen and oxygen atoms in total. The van der Waals surface area contributed by atoms with E-state index in [9.17, 15) is 25.4 Å². The van der Waals surface area contributed by atoms with Crippen LogP contribution < -0.4 is 5.32 Å². The number of nitro benzene ring substituents is 1. The number of ether oxygens (including phenoxy) is 1. The minimum absolute atomic E-state index is 0.154. The lowest BCUT2D eigenvalue weighted by Crippen LogP contribution is -2.58. The summed E-state index contributed by atoms with van der Waals surface area (Å²) in [5, 5.41) is 43.0. The maximum absolute atomic E-state index is 11.1. The minimum Gasteiger partial charge on any atom is -0.388 e. The monoisotopic (exact) mass is 298 g/mol. The summed E-state index contributed by atoms with van der Waals surface area (Å²) in [6.07, 6.45) is -5.79. The highest BCUT2D eigenvalue weighted by Gasteiger charge is 2.42. The Bertz CT molecular complexity index is 537. The van der Waals surface area contributed by atoms with Crippen molar-refractivity contribution in [3.8, 4) is 0 Å². The van der Waals surface area contributed by atoms with Gasteiger partial charge in [0.1, 0.15) is 24.0 Å². The topological polar surface area (TPSA) is 125 Å². The van der Waals surface area contributed by atoms with Crippen molar-refractivity contribution in [2.45, 2.75) is 44.5 Å². The van der Waals surface area contributed by atoms with Crippen LogP contribution in [0.15, 0.2) is 18.2 Å². The van der Waals surface area contributed by atoms with Gasteiger partial charge < -0.3 is 25.4 Å². The molecule has 5 atom stereocenters. The second-order valence-corrected chi connectivity index (χ2v) is 5.16. The molecule has 0 saturated carbocycles. The van der Waals surface area contributed by atoms with Crippen LogP contribution in [0.4, 0.5) is 11.4 Å². The third-order valence-electron chi connectivity index (χ3n) is 3.50. The van der Waals surface area contributed by atoms with Crippen molar-refractivity contribution in [2.24, 2.45) is 0 Å². The average Bonchev–Trinajstić information content (AvgIpc) is 2.44. The molecule has 1 aromatic rings. The molecule has 0 unspecified atom stereocenters. The van der Waals surface area contributed by atoms with Crippen molar-refractivity contribution in [1.29, 1.82) is 0 Å². The zero-order valence-corrected chi connectivity index (χ0v) is 11.6. The highest BCUT2D eigenvalue weighted by molar-refractivity contribution is 5.62. The Hall–Kier alpha value is -1.74. The molecule has 1 heterocycles. The first-order chi connectivity index (χ1) is 9.81. The van der Waals surface area contributed by atoms with E-state index in [4.69, 9.17) is 4.74 Å². The number of aryl methyl sites for hydroxylation is 1. The summed E-state index contributed by atoms with van der Waals surface area (Å²) in [5.41, 5.74) is 0.741. The normalized spacial score (nSPS) is 32.7. The average molecular weight is 298 g/mol. The molecule has 8 heteroatoms. The van der Waals surface area contributed by atoms with Crippen molar-refractivity contribution >= 4 is 11.4 Å². The number of hydrogen-bond acceptors (Lipinski definition) is 7. The van der Waals surface area contributed by atoms with Crippen LogP contribution in [-0.4, -0.2) is 50.9 Å². The first kappa shape index (κ1) is 15.6. The molecule has 0 aliphatic carbocycles. The molecule has 1 saturated heterocycles. The van der Waals surface area contributed by atoms with Crippen LogP contribution >= 0.6 is 0 Å². The summed E-state index contributed by atoms with van der Waals surface area (Å²) in [6.45, 7) is 3.27. The fourth-order valence-corrected chi connectivity index (χ4v) is 2.24. The van der Waals surface area contributed by atoms with Crippen LogP contribution in [0.2, 0.25) is 0 Å². The van der Waals surface area contributed by atoms with E-state index in [1.165, 1.54) is 19.1 Å². The second kappa shape index (κ2) is 5.94.